The number of hydrogen-bond donors (Lipinski definition) is 1. The van der Waals surface area contributed by atoms with E-state index >= 15 is 0 Å². The number of halogens is 1. The van der Waals surface area contributed by atoms with E-state index in [4.69, 9.17) is 4.18 Å². The number of hydrazone groups is 1. The first-order valence-electron chi connectivity index (χ1n) is 8.62. The van der Waals surface area contributed by atoms with E-state index in [-0.39, 0.29) is 22.2 Å². The predicted molar refractivity (Wildman–Crippen MR) is 117 cm³/mol. The van der Waals surface area contributed by atoms with Gasteiger partial charge >= 0.3 is 10.1 Å². The normalized spacial score (nSPS) is 11.3. The van der Waals surface area contributed by atoms with Gasteiger partial charge in [0, 0.05) is 22.2 Å². The Labute approximate surface area is 185 Å². The highest BCUT2D eigenvalue weighted by Crippen LogP contribution is 2.22. The van der Waals surface area contributed by atoms with Crippen LogP contribution in [-0.4, -0.2) is 25.5 Å². The monoisotopic (exact) mass is 503 g/mol. The molecule has 0 aliphatic carbocycles. The number of carbonyl (C=O) groups excluding carboxylic acids is 1. The number of amides is 1. The second-order valence-corrected chi connectivity index (χ2v) is 8.53. The van der Waals surface area contributed by atoms with Crippen LogP contribution in [0.25, 0.3) is 0 Å². The summed E-state index contributed by atoms with van der Waals surface area (Å²) in [5.74, 6) is -0.373. The van der Waals surface area contributed by atoms with Crippen LogP contribution in [0.1, 0.15) is 15.9 Å². The molecule has 11 heteroatoms. The topological polar surface area (TPSA) is 128 Å². The van der Waals surface area contributed by atoms with Crippen LogP contribution in [0.5, 0.6) is 5.75 Å². The van der Waals surface area contributed by atoms with Gasteiger partial charge in [-0.05, 0) is 54.1 Å². The number of nitro benzene ring substituents is 1. The van der Waals surface area contributed by atoms with E-state index in [0.29, 0.717) is 11.1 Å². The van der Waals surface area contributed by atoms with E-state index in [1.165, 1.54) is 48.7 Å². The average Bonchev–Trinajstić information content (AvgIpc) is 2.75. The molecule has 0 spiro atoms. The Hall–Kier alpha value is -3.57. The molecule has 0 aliphatic heterocycles. The van der Waals surface area contributed by atoms with Crippen LogP contribution < -0.4 is 9.61 Å². The highest BCUT2D eigenvalue weighted by atomic mass is 79.9. The second kappa shape index (κ2) is 9.49. The van der Waals surface area contributed by atoms with E-state index in [1.807, 2.05) is 0 Å². The highest BCUT2D eigenvalue weighted by Gasteiger charge is 2.19. The fourth-order valence-electron chi connectivity index (χ4n) is 2.40. The smallest absolute Gasteiger partial charge is 0.339 e. The number of nitro groups is 1. The number of hydrogen-bond acceptors (Lipinski definition) is 7. The Morgan fingerprint density at radius 1 is 1.06 bits per heavy atom. The Balaban J connectivity index is 1.64. The molecule has 0 fully saturated rings. The zero-order chi connectivity index (χ0) is 22.4. The Morgan fingerprint density at radius 2 is 1.77 bits per heavy atom. The summed E-state index contributed by atoms with van der Waals surface area (Å²) in [5.41, 5.74) is 3.04. The molecule has 1 amide bonds. The van der Waals surface area contributed by atoms with Gasteiger partial charge in [0.2, 0.25) is 0 Å². The maximum Gasteiger partial charge on any atom is 0.339 e. The van der Waals surface area contributed by atoms with Crippen LogP contribution in [0, 0.1) is 10.1 Å². The standard InChI is InChI=1S/C20H14BrN3O6S/c21-16-4-1-3-15(11-16)20(25)23-22-13-14-7-9-18(10-8-14)30-31(28,29)19-6-2-5-17(12-19)24(26)27/h1-13H,(H,23,25)/b22-13-. The van der Waals surface area contributed by atoms with E-state index in [9.17, 15) is 23.3 Å². The van der Waals surface area contributed by atoms with Gasteiger partial charge in [-0.15, -0.1) is 0 Å². The lowest BCUT2D eigenvalue weighted by molar-refractivity contribution is -0.385. The molecule has 3 rings (SSSR count). The zero-order valence-electron chi connectivity index (χ0n) is 15.6. The molecule has 3 aromatic rings. The third-order valence-electron chi connectivity index (χ3n) is 3.87. The van der Waals surface area contributed by atoms with E-state index in [2.05, 4.69) is 26.5 Å². The van der Waals surface area contributed by atoms with Crippen LogP contribution in [0.15, 0.2) is 87.3 Å². The number of non-ortho nitro benzene ring substituents is 1. The molecule has 0 radical (unpaired) electrons. The Kier molecular flexibility index (Phi) is 6.78. The molecule has 1 N–H and O–H groups in total. The molecule has 0 unspecified atom stereocenters. The van der Waals surface area contributed by atoms with Gasteiger partial charge in [0.25, 0.3) is 11.6 Å². The van der Waals surface area contributed by atoms with Crippen molar-refractivity contribution >= 4 is 43.9 Å². The third-order valence-corrected chi connectivity index (χ3v) is 5.61. The maximum absolute atomic E-state index is 12.3. The average molecular weight is 504 g/mol. The summed E-state index contributed by atoms with van der Waals surface area (Å²) < 4.78 is 30.5. The van der Waals surface area contributed by atoms with E-state index in [0.717, 1.165) is 10.5 Å². The zero-order valence-corrected chi connectivity index (χ0v) is 18.0. The Bertz CT molecular complexity index is 1260. The van der Waals surface area contributed by atoms with Crippen molar-refractivity contribution in [3.8, 4) is 5.75 Å². The summed E-state index contributed by atoms with van der Waals surface area (Å²) in [7, 11) is -4.24. The molecule has 0 saturated carbocycles. The molecular formula is C20H14BrN3O6S. The minimum Gasteiger partial charge on any atom is -0.379 e. The van der Waals surface area contributed by atoms with Crippen molar-refractivity contribution in [1.82, 2.24) is 5.43 Å². The van der Waals surface area contributed by atoms with Crippen LogP contribution in [0.3, 0.4) is 0 Å². The van der Waals surface area contributed by atoms with Gasteiger partial charge in [0.1, 0.15) is 10.6 Å². The summed E-state index contributed by atoms with van der Waals surface area (Å²) in [6, 6.07) is 17.2. The lowest BCUT2D eigenvalue weighted by Crippen LogP contribution is -2.17. The van der Waals surface area contributed by atoms with Crippen molar-refractivity contribution in [2.45, 2.75) is 4.90 Å². The first-order valence-corrected chi connectivity index (χ1v) is 10.8. The van der Waals surface area contributed by atoms with Crippen molar-refractivity contribution in [2.75, 3.05) is 0 Å². The molecule has 158 valence electrons. The van der Waals surface area contributed by atoms with Crippen molar-refractivity contribution in [3.63, 3.8) is 0 Å². The first-order chi connectivity index (χ1) is 14.7. The Morgan fingerprint density at radius 3 is 2.45 bits per heavy atom. The van der Waals surface area contributed by atoms with Crippen molar-refractivity contribution in [3.05, 3.63) is 98.5 Å². The molecule has 0 aliphatic rings. The van der Waals surface area contributed by atoms with E-state index in [1.54, 1.807) is 24.3 Å². The molecular weight excluding hydrogens is 490 g/mol. The first kappa shape index (κ1) is 22.1. The van der Waals surface area contributed by atoms with Gasteiger partial charge in [0.05, 0.1) is 11.1 Å². The molecule has 0 aromatic heterocycles. The van der Waals surface area contributed by atoms with Gasteiger partial charge in [-0.3, -0.25) is 14.9 Å². The van der Waals surface area contributed by atoms with Gasteiger partial charge < -0.3 is 4.18 Å². The molecule has 31 heavy (non-hydrogen) atoms. The summed E-state index contributed by atoms with van der Waals surface area (Å²) in [6.45, 7) is 0. The van der Waals surface area contributed by atoms with Crippen molar-refractivity contribution in [2.24, 2.45) is 5.10 Å². The molecule has 0 atom stereocenters. The molecule has 0 bridgehead atoms. The lowest BCUT2D eigenvalue weighted by Gasteiger charge is -2.07. The maximum atomic E-state index is 12.3. The van der Waals surface area contributed by atoms with Crippen LogP contribution in [0.2, 0.25) is 0 Å². The van der Waals surface area contributed by atoms with Crippen molar-refractivity contribution < 1.29 is 22.3 Å². The summed E-state index contributed by atoms with van der Waals surface area (Å²) >= 11 is 3.28. The molecule has 9 nitrogen and oxygen atoms in total. The molecule has 0 saturated heterocycles. The van der Waals surface area contributed by atoms with E-state index < -0.39 is 15.0 Å². The number of carbonyl (C=O) groups is 1. The number of nitrogens with zero attached hydrogens (tertiary/aromatic N) is 2. The number of benzene rings is 3. The lowest BCUT2D eigenvalue weighted by atomic mass is 10.2. The van der Waals surface area contributed by atoms with Gasteiger partial charge in [-0.25, -0.2) is 5.43 Å². The minimum absolute atomic E-state index is 0.0156. The second-order valence-electron chi connectivity index (χ2n) is 6.07. The van der Waals surface area contributed by atoms with Gasteiger partial charge in [-0.1, -0.05) is 28.1 Å². The van der Waals surface area contributed by atoms with Crippen molar-refractivity contribution in [1.29, 1.82) is 0 Å². The summed E-state index contributed by atoms with van der Waals surface area (Å²) in [5, 5.41) is 14.7. The fourth-order valence-corrected chi connectivity index (χ4v) is 3.77. The quantitative estimate of drug-likeness (QED) is 0.225. The van der Waals surface area contributed by atoms with Crippen LogP contribution in [0.4, 0.5) is 5.69 Å². The predicted octanol–water partition coefficient (Wildman–Crippen LogP) is 3.89. The van der Waals surface area contributed by atoms with Crippen LogP contribution in [-0.2, 0) is 10.1 Å². The molecule has 0 heterocycles. The number of rotatable bonds is 7. The highest BCUT2D eigenvalue weighted by molar-refractivity contribution is 9.10. The van der Waals surface area contributed by atoms with Gasteiger partial charge in [0.15, 0.2) is 0 Å². The fraction of sp³-hybridized carbons (Fsp3) is 0. The SMILES string of the molecule is O=C(N/N=C\c1ccc(OS(=O)(=O)c2cccc([N+](=O)[O-])c2)cc1)c1cccc(Br)c1. The molecule has 3 aromatic carbocycles. The largest absolute Gasteiger partial charge is 0.379 e. The summed E-state index contributed by atoms with van der Waals surface area (Å²) in [6.07, 6.45) is 1.38. The van der Waals surface area contributed by atoms with Gasteiger partial charge in [-0.2, -0.15) is 13.5 Å². The summed E-state index contributed by atoms with van der Waals surface area (Å²) in [4.78, 5) is 21.8. The minimum atomic E-state index is -4.24. The number of nitrogens with one attached hydrogen (secondary N) is 1. The van der Waals surface area contributed by atoms with Crippen LogP contribution >= 0.6 is 15.9 Å². The third kappa shape index (κ3) is 5.96.